The zero-order valence-electron chi connectivity index (χ0n) is 15.3. The van der Waals surface area contributed by atoms with Crippen LogP contribution in [-0.2, 0) is 0 Å². The summed E-state index contributed by atoms with van der Waals surface area (Å²) in [5.74, 6) is 0.984. The van der Waals surface area contributed by atoms with E-state index in [-0.39, 0.29) is 5.60 Å². The Morgan fingerprint density at radius 1 is 1.00 bits per heavy atom. The van der Waals surface area contributed by atoms with Crippen molar-refractivity contribution in [2.45, 2.75) is 25.4 Å². The van der Waals surface area contributed by atoms with E-state index in [1.807, 2.05) is 13.0 Å². The van der Waals surface area contributed by atoms with Crippen LogP contribution >= 0.6 is 11.3 Å². The van der Waals surface area contributed by atoms with E-state index in [0.717, 1.165) is 47.4 Å². The monoisotopic (exact) mass is 375 g/mol. The number of aryl methyl sites for hydroxylation is 1. The first-order chi connectivity index (χ1) is 13.2. The molecule has 0 atom stereocenters. The molecular formula is C22H21N3OS. The highest BCUT2D eigenvalue weighted by atomic mass is 32.1. The molecule has 0 unspecified atom stereocenters. The van der Waals surface area contributed by atoms with Crippen LogP contribution in [0.4, 0.5) is 5.13 Å². The number of anilines is 1. The van der Waals surface area contributed by atoms with E-state index < -0.39 is 0 Å². The average Bonchev–Trinajstić information content (AvgIpc) is 3.15. The van der Waals surface area contributed by atoms with Gasteiger partial charge in [-0.1, -0.05) is 53.8 Å². The van der Waals surface area contributed by atoms with Gasteiger partial charge in [-0.3, -0.25) is 0 Å². The molecule has 1 aromatic heterocycles. The number of hydrogen-bond acceptors (Lipinski definition) is 5. The topological polar surface area (TPSA) is 38.2 Å². The molecule has 3 heterocycles. The lowest BCUT2D eigenvalue weighted by molar-refractivity contribution is 0.0893. The van der Waals surface area contributed by atoms with Crippen LogP contribution in [0.15, 0.2) is 54.6 Å². The van der Waals surface area contributed by atoms with Crippen LogP contribution in [0.5, 0.6) is 5.75 Å². The van der Waals surface area contributed by atoms with Crippen LogP contribution in [0.1, 0.15) is 23.4 Å². The summed E-state index contributed by atoms with van der Waals surface area (Å²) in [5.41, 5.74) is 3.41. The van der Waals surface area contributed by atoms with E-state index >= 15 is 0 Å². The van der Waals surface area contributed by atoms with Crippen molar-refractivity contribution in [1.29, 1.82) is 0 Å². The molecule has 27 heavy (non-hydrogen) atoms. The van der Waals surface area contributed by atoms with Crippen LogP contribution in [0.25, 0.3) is 17.2 Å². The van der Waals surface area contributed by atoms with E-state index in [1.54, 1.807) is 11.3 Å². The molecule has 0 amide bonds. The van der Waals surface area contributed by atoms with Crippen LogP contribution < -0.4 is 9.64 Å². The Bertz CT molecular complexity index is 988. The molecular weight excluding hydrogens is 354 g/mol. The van der Waals surface area contributed by atoms with E-state index in [0.29, 0.717) is 0 Å². The molecule has 3 aromatic rings. The van der Waals surface area contributed by atoms with E-state index in [9.17, 15) is 0 Å². The van der Waals surface area contributed by atoms with Gasteiger partial charge in [-0.05, 0) is 36.3 Å². The summed E-state index contributed by atoms with van der Waals surface area (Å²) in [6.45, 7) is 3.88. The number of ether oxygens (including phenoxy) is 1. The molecule has 0 saturated carbocycles. The molecule has 5 rings (SSSR count). The van der Waals surface area contributed by atoms with Gasteiger partial charge in [0.15, 0.2) is 0 Å². The Labute approximate surface area is 163 Å². The first kappa shape index (κ1) is 16.5. The van der Waals surface area contributed by atoms with Crippen molar-refractivity contribution in [2.24, 2.45) is 0 Å². The Hall–Kier alpha value is -2.66. The fraction of sp³-hybridized carbons (Fsp3) is 0.273. The summed E-state index contributed by atoms with van der Waals surface area (Å²) in [6, 6.07) is 17.0. The maximum absolute atomic E-state index is 6.49. The second-order valence-corrected chi connectivity index (χ2v) is 8.37. The molecule has 2 aliphatic heterocycles. The molecule has 136 valence electrons. The van der Waals surface area contributed by atoms with Gasteiger partial charge in [-0.25, -0.2) is 0 Å². The van der Waals surface area contributed by atoms with E-state index in [4.69, 9.17) is 4.74 Å². The SMILES string of the molecule is Cc1nnc(N2CCC3(C=Cc4cc(-c5ccccc5)ccc4O3)CC2)s1. The second kappa shape index (κ2) is 6.50. The summed E-state index contributed by atoms with van der Waals surface area (Å²) in [6.07, 6.45) is 6.41. The minimum absolute atomic E-state index is 0.197. The van der Waals surface area contributed by atoms with Gasteiger partial charge < -0.3 is 9.64 Å². The molecule has 0 bridgehead atoms. The highest BCUT2D eigenvalue weighted by Gasteiger charge is 2.37. The Kier molecular flexibility index (Phi) is 3.97. The van der Waals surface area contributed by atoms with Crippen molar-refractivity contribution in [3.8, 4) is 16.9 Å². The summed E-state index contributed by atoms with van der Waals surface area (Å²) < 4.78 is 6.49. The molecule has 4 nitrogen and oxygen atoms in total. The molecule has 1 spiro atoms. The molecule has 5 heteroatoms. The van der Waals surface area contributed by atoms with Gasteiger partial charge >= 0.3 is 0 Å². The number of benzene rings is 2. The maximum atomic E-state index is 6.49. The van der Waals surface area contributed by atoms with Crippen LogP contribution in [0, 0.1) is 6.92 Å². The lowest BCUT2D eigenvalue weighted by Crippen LogP contribution is -2.47. The number of hydrogen-bond donors (Lipinski definition) is 0. The fourth-order valence-corrected chi connectivity index (χ4v) is 4.57. The van der Waals surface area contributed by atoms with Gasteiger partial charge in [0.1, 0.15) is 16.4 Å². The Morgan fingerprint density at radius 3 is 2.56 bits per heavy atom. The molecule has 0 N–H and O–H groups in total. The fourth-order valence-electron chi connectivity index (χ4n) is 3.84. The predicted octanol–water partition coefficient (Wildman–Crippen LogP) is 4.96. The number of rotatable bonds is 2. The van der Waals surface area contributed by atoms with E-state index in [1.165, 1.54) is 11.1 Å². The minimum atomic E-state index is -0.197. The molecule has 1 saturated heterocycles. The number of aromatic nitrogens is 2. The first-order valence-electron chi connectivity index (χ1n) is 9.34. The third-order valence-corrected chi connectivity index (χ3v) is 6.29. The van der Waals surface area contributed by atoms with Crippen molar-refractivity contribution in [3.63, 3.8) is 0 Å². The average molecular weight is 375 g/mol. The molecule has 1 fully saturated rings. The zero-order chi connectivity index (χ0) is 18.3. The Balaban J connectivity index is 1.34. The minimum Gasteiger partial charge on any atom is -0.482 e. The summed E-state index contributed by atoms with van der Waals surface area (Å²) in [5, 5.41) is 10.5. The normalized spacial score (nSPS) is 17.6. The standard InChI is InChI=1S/C22H21N3OS/c1-16-23-24-21(27-16)25-13-11-22(12-14-25)10-9-19-15-18(7-8-20(19)26-22)17-5-3-2-4-6-17/h2-10,15H,11-14H2,1H3. The lowest BCUT2D eigenvalue weighted by atomic mass is 9.88. The van der Waals surface area contributed by atoms with Crippen LogP contribution in [0.3, 0.4) is 0 Å². The van der Waals surface area contributed by atoms with Gasteiger partial charge in [0.05, 0.1) is 0 Å². The van der Waals surface area contributed by atoms with E-state index in [2.05, 4.69) is 69.7 Å². The van der Waals surface area contributed by atoms with Gasteiger partial charge in [0.25, 0.3) is 0 Å². The predicted molar refractivity (Wildman–Crippen MR) is 110 cm³/mol. The summed E-state index contributed by atoms with van der Waals surface area (Å²) in [4.78, 5) is 2.32. The van der Waals surface area contributed by atoms with Crippen molar-refractivity contribution in [2.75, 3.05) is 18.0 Å². The van der Waals surface area contributed by atoms with Crippen molar-refractivity contribution in [1.82, 2.24) is 10.2 Å². The van der Waals surface area contributed by atoms with Crippen molar-refractivity contribution < 1.29 is 4.74 Å². The smallest absolute Gasteiger partial charge is 0.208 e. The largest absolute Gasteiger partial charge is 0.482 e. The Morgan fingerprint density at radius 2 is 1.81 bits per heavy atom. The van der Waals surface area contributed by atoms with Gasteiger partial charge in [0, 0.05) is 31.5 Å². The first-order valence-corrected chi connectivity index (χ1v) is 10.2. The van der Waals surface area contributed by atoms with Gasteiger partial charge in [-0.15, -0.1) is 10.2 Å². The van der Waals surface area contributed by atoms with Crippen molar-refractivity contribution in [3.05, 3.63) is 65.2 Å². The van der Waals surface area contributed by atoms with Gasteiger partial charge in [0.2, 0.25) is 5.13 Å². The summed E-state index contributed by atoms with van der Waals surface area (Å²) in [7, 11) is 0. The van der Waals surface area contributed by atoms with Crippen molar-refractivity contribution >= 4 is 22.5 Å². The molecule has 2 aromatic carbocycles. The third kappa shape index (κ3) is 3.12. The second-order valence-electron chi connectivity index (χ2n) is 7.21. The quantitative estimate of drug-likeness (QED) is 0.635. The van der Waals surface area contributed by atoms with Crippen LogP contribution in [-0.4, -0.2) is 28.9 Å². The highest BCUT2D eigenvalue weighted by Crippen LogP contribution is 2.39. The number of nitrogens with zero attached hydrogens (tertiary/aromatic N) is 3. The molecule has 2 aliphatic rings. The lowest BCUT2D eigenvalue weighted by Gasteiger charge is -2.41. The third-order valence-electron chi connectivity index (χ3n) is 5.39. The number of fused-ring (bicyclic) bond motifs is 1. The molecule has 0 aliphatic carbocycles. The highest BCUT2D eigenvalue weighted by molar-refractivity contribution is 7.15. The maximum Gasteiger partial charge on any atom is 0.208 e. The van der Waals surface area contributed by atoms with Crippen LogP contribution in [0.2, 0.25) is 0 Å². The number of piperidine rings is 1. The molecule has 0 radical (unpaired) electrons. The zero-order valence-corrected chi connectivity index (χ0v) is 16.1. The summed E-state index contributed by atoms with van der Waals surface area (Å²) >= 11 is 1.66. The van der Waals surface area contributed by atoms with Gasteiger partial charge in [-0.2, -0.15) is 0 Å².